The van der Waals surface area contributed by atoms with Gasteiger partial charge in [0.2, 0.25) is 0 Å². The van der Waals surface area contributed by atoms with E-state index in [9.17, 15) is 0 Å². The molecule has 0 saturated heterocycles. The molecule has 0 aliphatic carbocycles. The molecule has 0 aromatic rings. The molecule has 0 rings (SSSR count). The molecule has 0 spiro atoms. The van der Waals surface area contributed by atoms with Gasteiger partial charge in [0.15, 0.2) is 0 Å². The highest BCUT2D eigenvalue weighted by molar-refractivity contribution is 5.11. The molecular weight excluding hydrogens is 180 g/mol. The molecule has 0 aliphatic heterocycles. The summed E-state index contributed by atoms with van der Waals surface area (Å²) in [5.41, 5.74) is 3.38. The van der Waals surface area contributed by atoms with E-state index in [-0.39, 0.29) is 0 Å². The van der Waals surface area contributed by atoms with Gasteiger partial charge in [-0.2, -0.15) is 0 Å². The standard InChI is InChI=1S/C15H30/c1-6-10-13(5)15(9-4)12-11-14(7-2)8-3/h14H,6-12H2,1-5H3. The lowest BCUT2D eigenvalue weighted by Gasteiger charge is -2.15. The number of rotatable bonds is 8. The summed E-state index contributed by atoms with van der Waals surface area (Å²) >= 11 is 0. The highest BCUT2D eigenvalue weighted by Crippen LogP contribution is 2.23. The van der Waals surface area contributed by atoms with Crippen LogP contribution >= 0.6 is 0 Å². The Morgan fingerprint density at radius 2 is 1.53 bits per heavy atom. The largest absolute Gasteiger partial charge is 0.0741 e. The number of hydrogen-bond acceptors (Lipinski definition) is 0. The van der Waals surface area contributed by atoms with Crippen molar-refractivity contribution < 1.29 is 0 Å². The number of allylic oxidation sites excluding steroid dienone is 2. The maximum atomic E-state index is 2.33. The van der Waals surface area contributed by atoms with Crippen LogP contribution in [0, 0.1) is 5.92 Å². The molecule has 0 saturated carbocycles. The molecule has 15 heavy (non-hydrogen) atoms. The fourth-order valence-electron chi connectivity index (χ4n) is 2.32. The Balaban J connectivity index is 4.14. The van der Waals surface area contributed by atoms with Gasteiger partial charge in [-0.05, 0) is 38.5 Å². The van der Waals surface area contributed by atoms with Crippen molar-refractivity contribution in [3.63, 3.8) is 0 Å². The average Bonchev–Trinajstić information content (AvgIpc) is 2.25. The SMILES string of the molecule is CCCC(C)=C(CC)CCC(CC)CC. The highest BCUT2D eigenvalue weighted by atomic mass is 14.1. The van der Waals surface area contributed by atoms with Crippen molar-refractivity contribution in [2.24, 2.45) is 5.92 Å². The van der Waals surface area contributed by atoms with E-state index in [1.165, 1.54) is 44.9 Å². The second-order valence-corrected chi connectivity index (χ2v) is 4.71. The Morgan fingerprint density at radius 1 is 0.933 bits per heavy atom. The third-order valence-corrected chi connectivity index (χ3v) is 3.66. The highest BCUT2D eigenvalue weighted by Gasteiger charge is 2.06. The molecule has 0 radical (unpaired) electrons. The lowest BCUT2D eigenvalue weighted by molar-refractivity contribution is 0.452. The summed E-state index contributed by atoms with van der Waals surface area (Å²) in [4.78, 5) is 0. The smallest absolute Gasteiger partial charge is 0.0315 e. The first-order valence-electron chi connectivity index (χ1n) is 6.86. The maximum absolute atomic E-state index is 2.33. The fourth-order valence-corrected chi connectivity index (χ4v) is 2.32. The van der Waals surface area contributed by atoms with Crippen molar-refractivity contribution in [2.45, 2.75) is 79.6 Å². The Bertz CT molecular complexity index is 172. The van der Waals surface area contributed by atoms with E-state index in [2.05, 4.69) is 34.6 Å². The van der Waals surface area contributed by atoms with Crippen molar-refractivity contribution in [3.05, 3.63) is 11.1 Å². The van der Waals surface area contributed by atoms with Gasteiger partial charge >= 0.3 is 0 Å². The normalized spacial score (nSPS) is 13.2. The first kappa shape index (κ1) is 14.7. The zero-order valence-electron chi connectivity index (χ0n) is 11.5. The summed E-state index contributed by atoms with van der Waals surface area (Å²) < 4.78 is 0. The van der Waals surface area contributed by atoms with Gasteiger partial charge in [0, 0.05) is 0 Å². The molecule has 0 aromatic carbocycles. The molecule has 0 N–H and O–H groups in total. The van der Waals surface area contributed by atoms with Gasteiger partial charge in [-0.25, -0.2) is 0 Å². The van der Waals surface area contributed by atoms with E-state index in [4.69, 9.17) is 0 Å². The van der Waals surface area contributed by atoms with Crippen molar-refractivity contribution in [3.8, 4) is 0 Å². The van der Waals surface area contributed by atoms with Crippen LogP contribution in [0.3, 0.4) is 0 Å². The van der Waals surface area contributed by atoms with Crippen molar-refractivity contribution in [2.75, 3.05) is 0 Å². The molecule has 0 heterocycles. The number of hydrogen-bond donors (Lipinski definition) is 0. The van der Waals surface area contributed by atoms with Crippen molar-refractivity contribution in [1.29, 1.82) is 0 Å². The van der Waals surface area contributed by atoms with Gasteiger partial charge < -0.3 is 0 Å². The Hall–Kier alpha value is -0.260. The van der Waals surface area contributed by atoms with Gasteiger partial charge in [0.05, 0.1) is 0 Å². The second-order valence-electron chi connectivity index (χ2n) is 4.71. The van der Waals surface area contributed by atoms with Crippen LogP contribution in [0.15, 0.2) is 11.1 Å². The summed E-state index contributed by atoms with van der Waals surface area (Å²) in [6.45, 7) is 11.6. The fraction of sp³-hybridized carbons (Fsp3) is 0.867. The summed E-state index contributed by atoms with van der Waals surface area (Å²) in [7, 11) is 0. The predicted octanol–water partition coefficient (Wildman–Crippen LogP) is 5.73. The third-order valence-electron chi connectivity index (χ3n) is 3.66. The zero-order chi connectivity index (χ0) is 11.7. The summed E-state index contributed by atoms with van der Waals surface area (Å²) in [5, 5.41) is 0. The van der Waals surface area contributed by atoms with E-state index >= 15 is 0 Å². The van der Waals surface area contributed by atoms with Gasteiger partial charge in [-0.3, -0.25) is 0 Å². The first-order chi connectivity index (χ1) is 7.19. The van der Waals surface area contributed by atoms with Crippen LogP contribution in [0.4, 0.5) is 0 Å². The molecule has 0 heteroatoms. The average molecular weight is 210 g/mol. The quantitative estimate of drug-likeness (QED) is 0.449. The van der Waals surface area contributed by atoms with Crippen LogP contribution in [0.5, 0.6) is 0 Å². The van der Waals surface area contributed by atoms with Gasteiger partial charge in [-0.15, -0.1) is 0 Å². The molecular formula is C15H30. The molecule has 90 valence electrons. The van der Waals surface area contributed by atoms with Crippen molar-refractivity contribution >= 4 is 0 Å². The predicted molar refractivity (Wildman–Crippen MR) is 71.2 cm³/mol. The minimum absolute atomic E-state index is 0.945. The topological polar surface area (TPSA) is 0 Å². The Kier molecular flexibility index (Phi) is 8.85. The second kappa shape index (κ2) is 9.00. The lowest BCUT2D eigenvalue weighted by Crippen LogP contribution is -1.98. The molecule has 0 aromatic heterocycles. The van der Waals surface area contributed by atoms with Crippen molar-refractivity contribution in [1.82, 2.24) is 0 Å². The molecule has 0 nitrogen and oxygen atoms in total. The summed E-state index contributed by atoms with van der Waals surface area (Å²) in [5.74, 6) is 0.945. The minimum atomic E-state index is 0.945. The van der Waals surface area contributed by atoms with Crippen LogP contribution in [-0.2, 0) is 0 Å². The molecule has 0 bridgehead atoms. The van der Waals surface area contributed by atoms with E-state index in [0.29, 0.717) is 0 Å². The molecule has 0 unspecified atom stereocenters. The van der Waals surface area contributed by atoms with Crippen LogP contribution in [0.25, 0.3) is 0 Å². The zero-order valence-corrected chi connectivity index (χ0v) is 11.5. The summed E-state index contributed by atoms with van der Waals surface area (Å²) in [6.07, 6.45) is 9.28. The molecule has 0 atom stereocenters. The van der Waals surface area contributed by atoms with Gasteiger partial charge in [0.1, 0.15) is 0 Å². The Labute approximate surface area is 97.2 Å². The van der Waals surface area contributed by atoms with E-state index in [0.717, 1.165) is 5.92 Å². The van der Waals surface area contributed by atoms with Crippen LogP contribution < -0.4 is 0 Å². The van der Waals surface area contributed by atoms with E-state index < -0.39 is 0 Å². The lowest BCUT2D eigenvalue weighted by atomic mass is 9.91. The third kappa shape index (κ3) is 6.02. The molecule has 0 aliphatic rings. The van der Waals surface area contributed by atoms with Gasteiger partial charge in [-0.1, -0.05) is 58.1 Å². The van der Waals surface area contributed by atoms with Crippen LogP contribution in [0.1, 0.15) is 79.6 Å². The van der Waals surface area contributed by atoms with E-state index in [1.54, 1.807) is 11.1 Å². The molecule has 0 fully saturated rings. The van der Waals surface area contributed by atoms with Crippen LogP contribution in [0.2, 0.25) is 0 Å². The first-order valence-corrected chi connectivity index (χ1v) is 6.86. The van der Waals surface area contributed by atoms with Gasteiger partial charge in [0.25, 0.3) is 0 Å². The van der Waals surface area contributed by atoms with E-state index in [1.807, 2.05) is 0 Å². The van der Waals surface area contributed by atoms with Crippen LogP contribution in [-0.4, -0.2) is 0 Å². The Morgan fingerprint density at radius 3 is 1.93 bits per heavy atom. The maximum Gasteiger partial charge on any atom is -0.0315 e. The minimum Gasteiger partial charge on any atom is -0.0741 e. The molecule has 0 amide bonds. The summed E-state index contributed by atoms with van der Waals surface area (Å²) in [6, 6.07) is 0. The monoisotopic (exact) mass is 210 g/mol.